The minimum atomic E-state index is -0.0175. The van der Waals surface area contributed by atoms with E-state index in [0.29, 0.717) is 12.0 Å². The molecule has 26 heavy (non-hydrogen) atoms. The normalized spacial score (nSPS) is 32.9. The van der Waals surface area contributed by atoms with E-state index in [-0.39, 0.29) is 12.1 Å². The van der Waals surface area contributed by atoms with Gasteiger partial charge < -0.3 is 15.4 Å². The van der Waals surface area contributed by atoms with Crippen molar-refractivity contribution in [1.29, 1.82) is 0 Å². The number of amides is 2. The van der Waals surface area contributed by atoms with Crippen LogP contribution in [-0.2, 0) is 6.42 Å². The Hall–Kier alpha value is -1.71. The molecule has 1 atom stereocenters. The Bertz CT molecular complexity index is 622. The maximum atomic E-state index is 12.4. The molecule has 1 unspecified atom stereocenters. The van der Waals surface area contributed by atoms with Crippen LogP contribution in [0.15, 0.2) is 24.3 Å². The smallest absolute Gasteiger partial charge is 0.315 e. The van der Waals surface area contributed by atoms with E-state index in [4.69, 9.17) is 4.74 Å². The maximum absolute atomic E-state index is 12.4. The van der Waals surface area contributed by atoms with E-state index in [2.05, 4.69) is 23.6 Å². The van der Waals surface area contributed by atoms with Crippen LogP contribution in [0.2, 0.25) is 0 Å². The third kappa shape index (κ3) is 3.56. The van der Waals surface area contributed by atoms with Crippen LogP contribution in [-0.4, -0.2) is 25.7 Å². The first kappa shape index (κ1) is 17.7. The first-order valence-electron chi connectivity index (χ1n) is 10.2. The Labute approximate surface area is 157 Å². The number of ether oxygens (including phenoxy) is 1. The molecule has 4 bridgehead atoms. The second-order valence-corrected chi connectivity index (χ2v) is 9.00. The predicted molar refractivity (Wildman–Crippen MR) is 103 cm³/mol. The first-order valence-corrected chi connectivity index (χ1v) is 10.2. The van der Waals surface area contributed by atoms with Gasteiger partial charge in [-0.1, -0.05) is 12.1 Å². The van der Waals surface area contributed by atoms with Crippen LogP contribution in [0.4, 0.5) is 4.79 Å². The molecule has 0 aromatic heterocycles. The highest BCUT2D eigenvalue weighted by molar-refractivity contribution is 5.74. The van der Waals surface area contributed by atoms with Gasteiger partial charge in [0.25, 0.3) is 0 Å². The highest BCUT2D eigenvalue weighted by Gasteiger charge is 2.53. The molecule has 142 valence electrons. The van der Waals surface area contributed by atoms with Crippen molar-refractivity contribution < 1.29 is 9.53 Å². The molecule has 4 fully saturated rings. The number of hydrogen-bond donors (Lipinski definition) is 2. The molecule has 0 heterocycles. The van der Waals surface area contributed by atoms with Crippen molar-refractivity contribution in [2.75, 3.05) is 13.7 Å². The molecule has 0 aliphatic heterocycles. The number of methoxy groups -OCH3 is 1. The summed E-state index contributed by atoms with van der Waals surface area (Å²) in [5, 5.41) is 6.31. The summed E-state index contributed by atoms with van der Waals surface area (Å²) >= 11 is 0. The monoisotopic (exact) mass is 356 g/mol. The Balaban J connectivity index is 1.27. The van der Waals surface area contributed by atoms with E-state index in [1.807, 2.05) is 18.2 Å². The van der Waals surface area contributed by atoms with E-state index in [1.165, 1.54) is 44.1 Å². The Kier molecular flexibility index (Phi) is 4.85. The number of urea groups is 1. The average molecular weight is 357 g/mol. The second kappa shape index (κ2) is 7.13. The van der Waals surface area contributed by atoms with Gasteiger partial charge in [0.1, 0.15) is 5.75 Å². The summed E-state index contributed by atoms with van der Waals surface area (Å²) in [6.07, 6.45) is 9.12. The standard InChI is InChI=1S/C22H32N2O2/c1-15(22-12-17-8-18(13-22)10-19(9-17)14-22)24-21(25)23-7-6-16-4-3-5-20(11-16)26-2/h3-5,11,15,17-19H,6-10,12-14H2,1-2H3,(H2,23,24,25). The zero-order valence-corrected chi connectivity index (χ0v) is 16.1. The molecule has 1 aromatic rings. The number of benzene rings is 1. The lowest BCUT2D eigenvalue weighted by atomic mass is 9.48. The third-order valence-corrected chi connectivity index (χ3v) is 7.19. The van der Waals surface area contributed by atoms with E-state index in [0.717, 1.165) is 29.9 Å². The van der Waals surface area contributed by atoms with Crippen molar-refractivity contribution in [2.45, 2.75) is 57.9 Å². The molecule has 4 nitrogen and oxygen atoms in total. The van der Waals surface area contributed by atoms with E-state index < -0.39 is 0 Å². The summed E-state index contributed by atoms with van der Waals surface area (Å²) in [7, 11) is 1.68. The summed E-state index contributed by atoms with van der Waals surface area (Å²) in [5.74, 6) is 3.62. The number of carbonyl (C=O) groups excluding carboxylic acids is 1. The number of carbonyl (C=O) groups is 1. The molecule has 0 saturated heterocycles. The van der Waals surface area contributed by atoms with E-state index in [9.17, 15) is 4.79 Å². The molecule has 4 aliphatic carbocycles. The van der Waals surface area contributed by atoms with Crippen LogP contribution in [0.25, 0.3) is 0 Å². The summed E-state index contributed by atoms with van der Waals surface area (Å²) in [5.41, 5.74) is 1.54. The van der Waals surface area contributed by atoms with Gasteiger partial charge in [0.15, 0.2) is 0 Å². The van der Waals surface area contributed by atoms with Crippen molar-refractivity contribution in [3.8, 4) is 5.75 Å². The average Bonchev–Trinajstić information content (AvgIpc) is 2.60. The van der Waals surface area contributed by atoms with Gasteiger partial charge in [0, 0.05) is 12.6 Å². The van der Waals surface area contributed by atoms with Gasteiger partial charge >= 0.3 is 6.03 Å². The van der Waals surface area contributed by atoms with Crippen LogP contribution in [0, 0.1) is 23.2 Å². The van der Waals surface area contributed by atoms with Crippen molar-refractivity contribution >= 4 is 6.03 Å². The molecule has 2 N–H and O–H groups in total. The summed E-state index contributed by atoms with van der Waals surface area (Å²) in [6.45, 7) is 2.88. The lowest BCUT2D eigenvalue weighted by Crippen LogP contribution is -2.57. The van der Waals surface area contributed by atoms with Crippen LogP contribution in [0.3, 0.4) is 0 Å². The van der Waals surface area contributed by atoms with Crippen molar-refractivity contribution in [3.05, 3.63) is 29.8 Å². The van der Waals surface area contributed by atoms with Crippen molar-refractivity contribution in [3.63, 3.8) is 0 Å². The second-order valence-electron chi connectivity index (χ2n) is 9.00. The van der Waals surface area contributed by atoms with Gasteiger partial charge in [0.2, 0.25) is 0 Å². The van der Waals surface area contributed by atoms with Crippen molar-refractivity contribution in [1.82, 2.24) is 10.6 Å². The molecule has 4 heteroatoms. The number of hydrogen-bond acceptors (Lipinski definition) is 2. The number of rotatable bonds is 6. The van der Waals surface area contributed by atoms with Gasteiger partial charge in [-0.05, 0) is 92.7 Å². The Morgan fingerprint density at radius 2 is 1.85 bits per heavy atom. The molecule has 2 amide bonds. The van der Waals surface area contributed by atoms with E-state index in [1.54, 1.807) is 7.11 Å². The minimum absolute atomic E-state index is 0.0175. The lowest BCUT2D eigenvalue weighted by molar-refractivity contribution is -0.0682. The molecule has 0 spiro atoms. The van der Waals surface area contributed by atoms with Gasteiger partial charge in [-0.2, -0.15) is 0 Å². The Morgan fingerprint density at radius 3 is 2.46 bits per heavy atom. The lowest BCUT2D eigenvalue weighted by Gasteiger charge is -2.59. The fourth-order valence-corrected chi connectivity index (χ4v) is 6.26. The molecule has 4 saturated carbocycles. The van der Waals surface area contributed by atoms with Crippen LogP contribution in [0.1, 0.15) is 51.0 Å². The van der Waals surface area contributed by atoms with Gasteiger partial charge in [0.05, 0.1) is 7.11 Å². The topological polar surface area (TPSA) is 50.4 Å². The molecular weight excluding hydrogens is 324 g/mol. The molecular formula is C22H32N2O2. The van der Waals surface area contributed by atoms with Crippen LogP contribution >= 0.6 is 0 Å². The molecule has 4 aliphatic rings. The van der Waals surface area contributed by atoms with Gasteiger partial charge in [-0.15, -0.1) is 0 Å². The van der Waals surface area contributed by atoms with Crippen LogP contribution in [0.5, 0.6) is 5.75 Å². The molecule has 0 radical (unpaired) electrons. The van der Waals surface area contributed by atoms with Gasteiger partial charge in [-0.3, -0.25) is 0 Å². The molecule has 1 aromatic carbocycles. The fraction of sp³-hybridized carbons (Fsp3) is 0.682. The summed E-state index contributed by atoms with van der Waals surface area (Å²) in [6, 6.07) is 8.28. The summed E-state index contributed by atoms with van der Waals surface area (Å²) < 4.78 is 5.25. The minimum Gasteiger partial charge on any atom is -0.497 e. The largest absolute Gasteiger partial charge is 0.497 e. The zero-order chi connectivity index (χ0) is 18.1. The number of nitrogens with one attached hydrogen (secondary N) is 2. The van der Waals surface area contributed by atoms with E-state index >= 15 is 0 Å². The maximum Gasteiger partial charge on any atom is 0.315 e. The zero-order valence-electron chi connectivity index (χ0n) is 16.1. The highest BCUT2D eigenvalue weighted by Crippen LogP contribution is 2.61. The van der Waals surface area contributed by atoms with Gasteiger partial charge in [-0.25, -0.2) is 4.79 Å². The van der Waals surface area contributed by atoms with Crippen LogP contribution < -0.4 is 15.4 Å². The fourth-order valence-electron chi connectivity index (χ4n) is 6.26. The Morgan fingerprint density at radius 1 is 1.19 bits per heavy atom. The predicted octanol–water partition coefficient (Wildman–Crippen LogP) is 4.14. The molecule has 5 rings (SSSR count). The quantitative estimate of drug-likeness (QED) is 0.805. The SMILES string of the molecule is COc1cccc(CCNC(=O)NC(C)C23CC4CC(CC(C4)C2)C3)c1. The summed E-state index contributed by atoms with van der Waals surface area (Å²) in [4.78, 5) is 12.4. The first-order chi connectivity index (χ1) is 12.6. The highest BCUT2D eigenvalue weighted by atomic mass is 16.5. The van der Waals surface area contributed by atoms with Crippen molar-refractivity contribution in [2.24, 2.45) is 23.2 Å². The third-order valence-electron chi connectivity index (χ3n) is 7.19.